The van der Waals surface area contributed by atoms with Crippen molar-refractivity contribution in [1.29, 1.82) is 0 Å². The number of ether oxygens (including phenoxy) is 1. The number of nitrogens with one attached hydrogen (secondary N) is 2. The van der Waals surface area contributed by atoms with Crippen molar-refractivity contribution >= 4 is 11.6 Å². The molecule has 1 atom stereocenters. The fraction of sp³-hybridized carbons (Fsp3) is 0.240. The number of carbonyl (C=O) groups excluding carboxylic acids is 1. The molecule has 2 N–H and O–H groups in total. The molecular formula is C25H27N2O2+. The number of amides is 1. The molecule has 148 valence electrons. The standard InChI is InChI=1S/C25H26N2O2/c1-2-29-24-10-6-5-9-23(24)26-25(28)21-13-11-19(12-14-21)17-27-16-15-20-7-3-4-8-22(20)18-27/h3-14H,2,15-18H2,1H3,(H,26,28)/p+1. The lowest BCUT2D eigenvalue weighted by Crippen LogP contribution is -3.10. The molecule has 1 unspecified atom stereocenters. The Morgan fingerprint density at radius 3 is 2.48 bits per heavy atom. The van der Waals surface area contributed by atoms with Crippen LogP contribution in [0.2, 0.25) is 0 Å². The van der Waals surface area contributed by atoms with Gasteiger partial charge in [-0.25, -0.2) is 0 Å². The molecule has 1 aliphatic rings. The predicted molar refractivity (Wildman–Crippen MR) is 115 cm³/mol. The van der Waals surface area contributed by atoms with Crippen LogP contribution in [0.4, 0.5) is 5.69 Å². The van der Waals surface area contributed by atoms with E-state index in [-0.39, 0.29) is 5.91 Å². The van der Waals surface area contributed by atoms with Gasteiger partial charge in [-0.05, 0) is 36.8 Å². The van der Waals surface area contributed by atoms with Crippen molar-refractivity contribution in [1.82, 2.24) is 0 Å². The third-order valence-electron chi connectivity index (χ3n) is 5.41. The Labute approximate surface area is 172 Å². The summed E-state index contributed by atoms with van der Waals surface area (Å²) in [6.07, 6.45) is 1.13. The number of para-hydroxylation sites is 2. The van der Waals surface area contributed by atoms with Crippen molar-refractivity contribution in [2.75, 3.05) is 18.5 Å². The number of hydrogen-bond donors (Lipinski definition) is 2. The van der Waals surface area contributed by atoms with E-state index in [0.29, 0.717) is 23.6 Å². The average molecular weight is 388 g/mol. The van der Waals surface area contributed by atoms with Gasteiger partial charge in [-0.3, -0.25) is 4.79 Å². The van der Waals surface area contributed by atoms with E-state index in [1.165, 1.54) is 16.7 Å². The Hall–Kier alpha value is -3.11. The van der Waals surface area contributed by atoms with Gasteiger partial charge in [-0.1, -0.05) is 48.5 Å². The fourth-order valence-corrected chi connectivity index (χ4v) is 3.90. The smallest absolute Gasteiger partial charge is 0.255 e. The number of anilines is 1. The van der Waals surface area contributed by atoms with Crippen LogP contribution in [-0.2, 0) is 19.5 Å². The highest BCUT2D eigenvalue weighted by molar-refractivity contribution is 6.05. The molecule has 1 amide bonds. The monoisotopic (exact) mass is 387 g/mol. The quantitative estimate of drug-likeness (QED) is 0.680. The Kier molecular flexibility index (Phi) is 5.92. The minimum Gasteiger partial charge on any atom is -0.492 e. The van der Waals surface area contributed by atoms with Crippen LogP contribution in [-0.4, -0.2) is 19.1 Å². The molecule has 0 bridgehead atoms. The number of fused-ring (bicyclic) bond motifs is 1. The molecule has 0 radical (unpaired) electrons. The van der Waals surface area contributed by atoms with E-state index in [4.69, 9.17) is 4.74 Å². The van der Waals surface area contributed by atoms with Crippen LogP contribution in [0.5, 0.6) is 5.75 Å². The van der Waals surface area contributed by atoms with Crippen LogP contribution in [0.3, 0.4) is 0 Å². The number of rotatable bonds is 6. The molecule has 4 heteroatoms. The van der Waals surface area contributed by atoms with Crippen molar-refractivity contribution in [2.24, 2.45) is 0 Å². The highest BCUT2D eigenvalue weighted by Gasteiger charge is 2.19. The molecule has 1 heterocycles. The van der Waals surface area contributed by atoms with Gasteiger partial charge in [-0.15, -0.1) is 0 Å². The summed E-state index contributed by atoms with van der Waals surface area (Å²) in [6.45, 7) is 5.68. The second kappa shape index (κ2) is 8.93. The van der Waals surface area contributed by atoms with E-state index >= 15 is 0 Å². The summed E-state index contributed by atoms with van der Waals surface area (Å²) in [5.41, 5.74) is 5.54. The normalized spacial score (nSPS) is 15.4. The Morgan fingerprint density at radius 2 is 1.69 bits per heavy atom. The molecule has 0 spiro atoms. The molecule has 0 saturated heterocycles. The first-order chi connectivity index (χ1) is 14.2. The fourth-order valence-electron chi connectivity index (χ4n) is 3.90. The Balaban J connectivity index is 1.39. The van der Waals surface area contributed by atoms with Crippen molar-refractivity contribution in [2.45, 2.75) is 26.4 Å². The van der Waals surface area contributed by atoms with Crippen LogP contribution < -0.4 is 15.0 Å². The van der Waals surface area contributed by atoms with E-state index < -0.39 is 0 Å². The van der Waals surface area contributed by atoms with Crippen LogP contribution in [0.15, 0.2) is 72.8 Å². The number of carbonyl (C=O) groups is 1. The second-order valence-electron chi connectivity index (χ2n) is 7.45. The van der Waals surface area contributed by atoms with Gasteiger partial charge < -0.3 is 15.0 Å². The molecule has 4 rings (SSSR count). The van der Waals surface area contributed by atoms with Crippen molar-refractivity contribution in [3.8, 4) is 5.75 Å². The zero-order valence-corrected chi connectivity index (χ0v) is 16.8. The Bertz CT molecular complexity index is 982. The van der Waals surface area contributed by atoms with Crippen molar-refractivity contribution in [3.05, 3.63) is 95.1 Å². The Morgan fingerprint density at radius 1 is 0.966 bits per heavy atom. The summed E-state index contributed by atoms with van der Waals surface area (Å²) in [4.78, 5) is 14.2. The summed E-state index contributed by atoms with van der Waals surface area (Å²) in [6, 6.07) is 24.2. The number of hydrogen-bond acceptors (Lipinski definition) is 2. The summed E-state index contributed by atoms with van der Waals surface area (Å²) < 4.78 is 5.58. The van der Waals surface area contributed by atoms with Crippen molar-refractivity contribution in [3.63, 3.8) is 0 Å². The SMILES string of the molecule is CCOc1ccccc1NC(=O)c1ccc(C[NH+]2CCc3ccccc3C2)cc1. The average Bonchev–Trinajstić information content (AvgIpc) is 2.76. The van der Waals surface area contributed by atoms with E-state index in [1.54, 1.807) is 4.90 Å². The van der Waals surface area contributed by atoms with E-state index in [2.05, 4.69) is 41.7 Å². The van der Waals surface area contributed by atoms with Crippen LogP contribution in [0, 0.1) is 0 Å². The highest BCUT2D eigenvalue weighted by atomic mass is 16.5. The van der Waals surface area contributed by atoms with Gasteiger partial charge in [0.2, 0.25) is 0 Å². The third kappa shape index (κ3) is 4.66. The molecule has 1 aliphatic heterocycles. The molecular weight excluding hydrogens is 360 g/mol. The molecule has 0 aliphatic carbocycles. The molecule has 4 nitrogen and oxygen atoms in total. The van der Waals surface area contributed by atoms with Gasteiger partial charge >= 0.3 is 0 Å². The van der Waals surface area contributed by atoms with Crippen molar-refractivity contribution < 1.29 is 14.4 Å². The first-order valence-corrected chi connectivity index (χ1v) is 10.3. The molecule has 0 fully saturated rings. The molecule has 0 aromatic heterocycles. The largest absolute Gasteiger partial charge is 0.492 e. The van der Waals surface area contributed by atoms with Gasteiger partial charge in [0.1, 0.15) is 18.8 Å². The topological polar surface area (TPSA) is 42.8 Å². The van der Waals surface area contributed by atoms with Gasteiger partial charge in [-0.2, -0.15) is 0 Å². The lowest BCUT2D eigenvalue weighted by atomic mass is 9.99. The van der Waals surface area contributed by atoms with Gasteiger partial charge in [0.05, 0.1) is 18.8 Å². The van der Waals surface area contributed by atoms with Crippen LogP contribution in [0.1, 0.15) is 34.0 Å². The molecule has 3 aromatic carbocycles. The maximum absolute atomic E-state index is 12.6. The lowest BCUT2D eigenvalue weighted by molar-refractivity contribution is -0.929. The summed E-state index contributed by atoms with van der Waals surface area (Å²) in [7, 11) is 0. The summed E-state index contributed by atoms with van der Waals surface area (Å²) in [5.74, 6) is 0.567. The minimum atomic E-state index is -0.122. The molecule has 3 aromatic rings. The van der Waals surface area contributed by atoms with Crippen LogP contribution >= 0.6 is 0 Å². The van der Waals surface area contributed by atoms with Crippen LogP contribution in [0.25, 0.3) is 0 Å². The van der Waals surface area contributed by atoms with Gasteiger partial charge in [0, 0.05) is 23.1 Å². The van der Waals surface area contributed by atoms with Gasteiger partial charge in [0.25, 0.3) is 5.91 Å². The minimum absolute atomic E-state index is 0.122. The first kappa shape index (κ1) is 19.2. The number of benzene rings is 3. The lowest BCUT2D eigenvalue weighted by Gasteiger charge is -2.26. The zero-order chi connectivity index (χ0) is 20.1. The third-order valence-corrected chi connectivity index (χ3v) is 5.41. The first-order valence-electron chi connectivity index (χ1n) is 10.3. The number of quaternary nitrogens is 1. The summed E-state index contributed by atoms with van der Waals surface area (Å²) >= 11 is 0. The maximum atomic E-state index is 12.6. The van der Waals surface area contributed by atoms with E-state index in [0.717, 1.165) is 26.1 Å². The maximum Gasteiger partial charge on any atom is 0.255 e. The zero-order valence-electron chi connectivity index (χ0n) is 16.8. The summed E-state index contributed by atoms with van der Waals surface area (Å²) in [5, 5.41) is 2.95. The second-order valence-corrected chi connectivity index (χ2v) is 7.45. The highest BCUT2D eigenvalue weighted by Crippen LogP contribution is 2.24. The van der Waals surface area contributed by atoms with E-state index in [9.17, 15) is 4.79 Å². The van der Waals surface area contributed by atoms with E-state index in [1.807, 2.05) is 43.3 Å². The van der Waals surface area contributed by atoms with Gasteiger partial charge in [0.15, 0.2) is 0 Å². The molecule has 0 saturated carbocycles. The predicted octanol–water partition coefficient (Wildman–Crippen LogP) is 3.48. The molecule has 29 heavy (non-hydrogen) atoms.